The van der Waals surface area contributed by atoms with Crippen molar-refractivity contribution in [3.8, 4) is 11.1 Å². The Hall–Kier alpha value is -3.35. The average molecular weight is 406 g/mol. The predicted molar refractivity (Wildman–Crippen MR) is 115 cm³/mol. The maximum absolute atomic E-state index is 13.1. The van der Waals surface area contributed by atoms with Gasteiger partial charge in [0.25, 0.3) is 0 Å². The van der Waals surface area contributed by atoms with Crippen molar-refractivity contribution in [2.24, 2.45) is 5.92 Å². The number of halogens is 1. The summed E-state index contributed by atoms with van der Waals surface area (Å²) < 4.78 is 18.9. The lowest BCUT2D eigenvalue weighted by molar-refractivity contribution is -0.117. The average Bonchev–Trinajstić information content (AvgIpc) is 3.26. The monoisotopic (exact) mass is 406 g/mol. The maximum atomic E-state index is 13.1. The third-order valence-corrected chi connectivity index (χ3v) is 5.57. The van der Waals surface area contributed by atoms with Crippen molar-refractivity contribution in [2.75, 3.05) is 5.32 Å². The van der Waals surface area contributed by atoms with Crippen molar-refractivity contribution in [1.82, 2.24) is 15.0 Å². The molecule has 2 atom stereocenters. The van der Waals surface area contributed by atoms with E-state index in [2.05, 4.69) is 40.2 Å². The van der Waals surface area contributed by atoms with Gasteiger partial charge in [0.2, 0.25) is 5.91 Å². The lowest BCUT2D eigenvalue weighted by atomic mass is 9.97. The second kappa shape index (κ2) is 7.16. The number of nitrogens with one attached hydrogen (secondary N) is 1. The van der Waals surface area contributed by atoms with E-state index in [0.29, 0.717) is 16.9 Å². The van der Waals surface area contributed by atoms with Gasteiger partial charge in [0, 0.05) is 41.4 Å². The molecule has 0 spiro atoms. The molecule has 0 unspecified atom stereocenters. The van der Waals surface area contributed by atoms with Crippen LogP contribution in [0.25, 0.3) is 33.0 Å². The first-order chi connectivity index (χ1) is 14.5. The summed E-state index contributed by atoms with van der Waals surface area (Å²) in [5.74, 6) is -0.523. The Morgan fingerprint density at radius 3 is 2.80 bits per heavy atom. The van der Waals surface area contributed by atoms with Gasteiger partial charge in [-0.25, -0.2) is 14.4 Å². The Balaban J connectivity index is 0.00000231. The number of hydrogen-bond acceptors (Lipinski definition) is 5. The molecule has 1 aliphatic rings. The van der Waals surface area contributed by atoms with Gasteiger partial charge in [-0.2, -0.15) is 0 Å². The lowest BCUT2D eigenvalue weighted by Crippen LogP contribution is -2.15. The molecular formula is C23H23FN4O2. The molecule has 3 aromatic heterocycles. The number of nitrogens with zero attached hydrogens (tertiary/aromatic N) is 3. The second-order valence-electron chi connectivity index (χ2n) is 7.83. The number of hydrogen-bond donors (Lipinski definition) is 1. The quantitative estimate of drug-likeness (QED) is 0.490. The number of aromatic nitrogens is 3. The SMILES string of the molecule is CCCc1cc(C)c(-c2cc3cnc(NC(=O)[C@H]4C[C@H]4F)cc3c3ncoc23)cn1.[HH]. The number of pyridine rings is 2. The summed E-state index contributed by atoms with van der Waals surface area (Å²) >= 11 is 0. The third kappa shape index (κ3) is 3.20. The van der Waals surface area contributed by atoms with E-state index in [1.54, 1.807) is 12.3 Å². The summed E-state index contributed by atoms with van der Waals surface area (Å²) in [5, 5.41) is 4.38. The molecule has 3 heterocycles. The minimum Gasteiger partial charge on any atom is -0.443 e. The van der Waals surface area contributed by atoms with Crippen LogP contribution in [0, 0.1) is 12.8 Å². The van der Waals surface area contributed by atoms with Gasteiger partial charge in [0.05, 0.1) is 5.92 Å². The van der Waals surface area contributed by atoms with Crippen LogP contribution in [-0.2, 0) is 11.2 Å². The topological polar surface area (TPSA) is 80.9 Å². The van der Waals surface area contributed by atoms with Gasteiger partial charge in [-0.05, 0) is 43.5 Å². The van der Waals surface area contributed by atoms with Crippen molar-refractivity contribution >= 4 is 33.6 Å². The number of benzene rings is 1. The lowest BCUT2D eigenvalue weighted by Gasteiger charge is -2.11. The van der Waals surface area contributed by atoms with E-state index in [1.807, 2.05) is 12.3 Å². The minimum absolute atomic E-state index is 0. The molecule has 0 bridgehead atoms. The van der Waals surface area contributed by atoms with Gasteiger partial charge < -0.3 is 9.73 Å². The molecule has 0 saturated heterocycles. The van der Waals surface area contributed by atoms with E-state index in [1.165, 1.54) is 6.39 Å². The zero-order valence-electron chi connectivity index (χ0n) is 16.8. The Labute approximate surface area is 174 Å². The van der Waals surface area contributed by atoms with Crippen LogP contribution >= 0.6 is 0 Å². The van der Waals surface area contributed by atoms with E-state index in [4.69, 9.17) is 4.42 Å². The van der Waals surface area contributed by atoms with Crippen molar-refractivity contribution in [2.45, 2.75) is 39.3 Å². The molecule has 154 valence electrons. The molecule has 7 heteroatoms. The van der Waals surface area contributed by atoms with Gasteiger partial charge in [-0.15, -0.1) is 0 Å². The summed E-state index contributed by atoms with van der Waals surface area (Å²) in [4.78, 5) is 25.4. The molecule has 1 saturated carbocycles. The van der Waals surface area contributed by atoms with Crippen LogP contribution in [0.5, 0.6) is 0 Å². The highest BCUT2D eigenvalue weighted by Crippen LogP contribution is 2.37. The first kappa shape index (κ1) is 18.7. The van der Waals surface area contributed by atoms with Gasteiger partial charge in [-0.3, -0.25) is 9.78 Å². The maximum Gasteiger partial charge on any atom is 0.231 e. The smallest absolute Gasteiger partial charge is 0.231 e. The van der Waals surface area contributed by atoms with Crippen LogP contribution in [0.2, 0.25) is 0 Å². The second-order valence-corrected chi connectivity index (χ2v) is 7.83. The molecule has 30 heavy (non-hydrogen) atoms. The van der Waals surface area contributed by atoms with Gasteiger partial charge in [0.1, 0.15) is 17.5 Å². The van der Waals surface area contributed by atoms with E-state index in [0.717, 1.165) is 46.0 Å². The molecule has 1 N–H and O–H groups in total. The summed E-state index contributed by atoms with van der Waals surface area (Å²) in [6.07, 6.45) is 6.21. The van der Waals surface area contributed by atoms with Crippen molar-refractivity contribution < 1.29 is 15.0 Å². The molecule has 5 rings (SSSR count). The summed E-state index contributed by atoms with van der Waals surface area (Å²) in [5.41, 5.74) is 5.42. The van der Waals surface area contributed by atoms with Crippen molar-refractivity contribution in [3.63, 3.8) is 0 Å². The van der Waals surface area contributed by atoms with Crippen molar-refractivity contribution in [1.29, 1.82) is 0 Å². The molecule has 1 amide bonds. The van der Waals surface area contributed by atoms with Gasteiger partial charge in [-0.1, -0.05) is 13.3 Å². The van der Waals surface area contributed by atoms with E-state index in [-0.39, 0.29) is 13.8 Å². The van der Waals surface area contributed by atoms with Gasteiger partial charge in [0.15, 0.2) is 12.0 Å². The molecule has 1 fully saturated rings. The molecule has 0 aliphatic heterocycles. The highest BCUT2D eigenvalue weighted by Gasteiger charge is 2.43. The number of fused-ring (bicyclic) bond motifs is 3. The third-order valence-electron chi connectivity index (χ3n) is 5.57. The van der Waals surface area contributed by atoms with Crippen LogP contribution in [0.1, 0.15) is 32.4 Å². The summed E-state index contributed by atoms with van der Waals surface area (Å²) in [6.45, 7) is 4.20. The van der Waals surface area contributed by atoms with Crippen molar-refractivity contribution in [3.05, 3.63) is 48.2 Å². The van der Waals surface area contributed by atoms with Crippen LogP contribution in [0.15, 0.2) is 41.4 Å². The number of carbonyl (C=O) groups excluding carboxylic acids is 1. The number of alkyl halides is 1. The Morgan fingerprint density at radius 2 is 2.07 bits per heavy atom. The van der Waals surface area contributed by atoms with Crippen LogP contribution in [0.4, 0.5) is 10.2 Å². The predicted octanol–water partition coefficient (Wildman–Crippen LogP) is 5.24. The highest BCUT2D eigenvalue weighted by molar-refractivity contribution is 6.10. The van der Waals surface area contributed by atoms with Gasteiger partial charge >= 0.3 is 0 Å². The number of oxazole rings is 1. The fourth-order valence-corrected chi connectivity index (χ4v) is 3.85. The molecule has 1 aromatic carbocycles. The molecule has 0 radical (unpaired) electrons. The molecule has 1 aliphatic carbocycles. The van der Waals surface area contributed by atoms with E-state index < -0.39 is 12.1 Å². The van der Waals surface area contributed by atoms with Crippen LogP contribution in [-0.4, -0.2) is 27.0 Å². The van der Waals surface area contributed by atoms with E-state index >= 15 is 0 Å². The zero-order valence-corrected chi connectivity index (χ0v) is 16.8. The normalized spacial score (nSPS) is 18.1. The Kier molecular flexibility index (Phi) is 4.46. The first-order valence-electron chi connectivity index (χ1n) is 10.1. The zero-order chi connectivity index (χ0) is 20.8. The fourth-order valence-electron chi connectivity index (χ4n) is 3.85. The molecule has 6 nitrogen and oxygen atoms in total. The van der Waals surface area contributed by atoms with E-state index in [9.17, 15) is 9.18 Å². The number of aryl methyl sites for hydroxylation is 2. The molecular weight excluding hydrogens is 383 g/mol. The first-order valence-corrected chi connectivity index (χ1v) is 10.1. The minimum atomic E-state index is -1.05. The number of anilines is 1. The number of amides is 1. The van der Waals surface area contributed by atoms with Crippen LogP contribution in [0.3, 0.4) is 0 Å². The Morgan fingerprint density at radius 1 is 1.23 bits per heavy atom. The molecule has 4 aromatic rings. The Bertz CT molecular complexity index is 1290. The number of rotatable bonds is 5. The standard InChI is InChI=1S/C23H21FN4O2.H2/c1-3-4-14-5-12(2)18(10-25-14)16-6-13-9-26-20(28-23(29)17-7-19(17)24)8-15(13)21-22(16)30-11-27-21;/h5-6,8-11,17,19H,3-4,7H2,1-2H3,(H,26,28,29);1H/t17-,19+;/m0./s1. The summed E-state index contributed by atoms with van der Waals surface area (Å²) in [6, 6.07) is 5.87. The number of carbonyl (C=O) groups is 1. The largest absolute Gasteiger partial charge is 0.443 e. The fraction of sp³-hybridized carbons (Fsp3) is 0.304. The highest BCUT2D eigenvalue weighted by atomic mass is 19.1. The summed E-state index contributed by atoms with van der Waals surface area (Å²) in [7, 11) is 0. The van der Waals surface area contributed by atoms with Crippen LogP contribution < -0.4 is 5.32 Å².